The molecular formula is C13H23N3O. The second-order valence-corrected chi connectivity index (χ2v) is 5.61. The van der Waals surface area contributed by atoms with Gasteiger partial charge in [0.1, 0.15) is 5.76 Å². The van der Waals surface area contributed by atoms with E-state index in [1.807, 2.05) is 12.1 Å². The molecule has 1 aromatic rings. The molecule has 1 aromatic heterocycles. The minimum absolute atomic E-state index is 0.129. The van der Waals surface area contributed by atoms with Crippen LogP contribution in [0.5, 0.6) is 0 Å². The molecule has 0 amide bonds. The molecule has 1 fully saturated rings. The second-order valence-electron chi connectivity index (χ2n) is 5.61. The Balaban J connectivity index is 2.15. The number of rotatable bonds is 3. The van der Waals surface area contributed by atoms with Crippen molar-refractivity contribution in [2.75, 3.05) is 26.7 Å². The molecule has 1 aliphatic heterocycles. The van der Waals surface area contributed by atoms with E-state index in [2.05, 4.69) is 30.7 Å². The van der Waals surface area contributed by atoms with Crippen molar-refractivity contribution >= 4 is 0 Å². The van der Waals surface area contributed by atoms with E-state index in [1.165, 1.54) is 0 Å². The summed E-state index contributed by atoms with van der Waals surface area (Å²) in [6.45, 7) is 8.16. The first-order chi connectivity index (χ1) is 8.03. The summed E-state index contributed by atoms with van der Waals surface area (Å²) in [5.74, 6) is 1.01. The van der Waals surface area contributed by atoms with Crippen molar-refractivity contribution in [2.24, 2.45) is 5.73 Å². The number of likely N-dealkylation sites (N-methyl/N-ethyl adjacent to an activating group) is 1. The minimum Gasteiger partial charge on any atom is -0.468 e. The third-order valence-corrected chi connectivity index (χ3v) is 3.58. The SMILES string of the molecule is CN1CC(CN)N(Cc2ccco2)C(C)(C)C1. The van der Waals surface area contributed by atoms with Gasteiger partial charge in [0.15, 0.2) is 0 Å². The van der Waals surface area contributed by atoms with Crippen LogP contribution < -0.4 is 5.73 Å². The molecule has 0 aromatic carbocycles. The van der Waals surface area contributed by atoms with Crippen LogP contribution in [0.25, 0.3) is 0 Å². The van der Waals surface area contributed by atoms with E-state index >= 15 is 0 Å². The van der Waals surface area contributed by atoms with E-state index in [1.54, 1.807) is 6.26 Å². The number of furan rings is 1. The average Bonchev–Trinajstić information content (AvgIpc) is 2.73. The molecular weight excluding hydrogens is 214 g/mol. The highest BCUT2D eigenvalue weighted by atomic mass is 16.3. The Labute approximate surface area is 103 Å². The number of hydrogen-bond acceptors (Lipinski definition) is 4. The van der Waals surface area contributed by atoms with Crippen LogP contribution in [0, 0.1) is 0 Å². The van der Waals surface area contributed by atoms with Gasteiger partial charge in [-0.1, -0.05) is 0 Å². The number of hydrogen-bond donors (Lipinski definition) is 1. The largest absolute Gasteiger partial charge is 0.468 e. The van der Waals surface area contributed by atoms with Crippen LogP contribution in [-0.4, -0.2) is 48.1 Å². The number of piperazine rings is 1. The van der Waals surface area contributed by atoms with Crippen molar-refractivity contribution < 1.29 is 4.42 Å². The fourth-order valence-corrected chi connectivity index (χ4v) is 2.88. The van der Waals surface area contributed by atoms with E-state index < -0.39 is 0 Å². The monoisotopic (exact) mass is 237 g/mol. The zero-order valence-corrected chi connectivity index (χ0v) is 11.0. The van der Waals surface area contributed by atoms with Crippen LogP contribution >= 0.6 is 0 Å². The molecule has 1 saturated heterocycles. The van der Waals surface area contributed by atoms with Gasteiger partial charge in [-0.15, -0.1) is 0 Å². The van der Waals surface area contributed by atoms with E-state index in [4.69, 9.17) is 10.2 Å². The summed E-state index contributed by atoms with van der Waals surface area (Å²) in [6, 6.07) is 4.37. The normalized spacial score (nSPS) is 26.2. The summed E-state index contributed by atoms with van der Waals surface area (Å²) in [5.41, 5.74) is 6.04. The van der Waals surface area contributed by atoms with Gasteiger partial charge in [0, 0.05) is 31.2 Å². The molecule has 1 atom stereocenters. The van der Waals surface area contributed by atoms with Crippen LogP contribution in [-0.2, 0) is 6.54 Å². The van der Waals surface area contributed by atoms with E-state index in [9.17, 15) is 0 Å². The van der Waals surface area contributed by atoms with Gasteiger partial charge in [0.25, 0.3) is 0 Å². The molecule has 0 radical (unpaired) electrons. The maximum Gasteiger partial charge on any atom is 0.117 e. The van der Waals surface area contributed by atoms with Crippen molar-refractivity contribution in [3.63, 3.8) is 0 Å². The highest BCUT2D eigenvalue weighted by Crippen LogP contribution is 2.26. The van der Waals surface area contributed by atoms with Crippen molar-refractivity contribution in [1.82, 2.24) is 9.80 Å². The molecule has 96 valence electrons. The Kier molecular flexibility index (Phi) is 3.56. The molecule has 4 heteroatoms. The van der Waals surface area contributed by atoms with Crippen molar-refractivity contribution in [2.45, 2.75) is 32.0 Å². The zero-order valence-electron chi connectivity index (χ0n) is 11.0. The topological polar surface area (TPSA) is 45.6 Å². The summed E-state index contributed by atoms with van der Waals surface area (Å²) in [5, 5.41) is 0. The molecule has 0 bridgehead atoms. The molecule has 0 aliphatic carbocycles. The van der Waals surface area contributed by atoms with Crippen LogP contribution in [0.4, 0.5) is 0 Å². The van der Waals surface area contributed by atoms with Gasteiger partial charge >= 0.3 is 0 Å². The molecule has 17 heavy (non-hydrogen) atoms. The molecule has 4 nitrogen and oxygen atoms in total. The second kappa shape index (κ2) is 4.80. The van der Waals surface area contributed by atoms with Crippen molar-refractivity contribution in [1.29, 1.82) is 0 Å². The third-order valence-electron chi connectivity index (χ3n) is 3.58. The predicted octanol–water partition coefficient (Wildman–Crippen LogP) is 1.13. The molecule has 2 heterocycles. The zero-order chi connectivity index (χ0) is 12.5. The smallest absolute Gasteiger partial charge is 0.117 e. The first-order valence-electron chi connectivity index (χ1n) is 6.20. The Hall–Kier alpha value is -0.840. The molecule has 1 unspecified atom stereocenters. The lowest BCUT2D eigenvalue weighted by atomic mass is 9.94. The molecule has 0 spiro atoms. The quantitative estimate of drug-likeness (QED) is 0.856. The summed E-state index contributed by atoms with van der Waals surface area (Å²) in [7, 11) is 2.16. The lowest BCUT2D eigenvalue weighted by Gasteiger charge is -2.50. The standard InChI is InChI=1S/C13H23N3O/c1-13(2)10-15(3)8-11(7-14)16(13)9-12-5-4-6-17-12/h4-6,11H,7-10,14H2,1-3H3. The third kappa shape index (κ3) is 2.70. The minimum atomic E-state index is 0.129. The van der Waals surface area contributed by atoms with Gasteiger partial charge < -0.3 is 15.1 Å². The van der Waals surface area contributed by atoms with E-state index in [0.717, 1.165) is 25.4 Å². The highest BCUT2D eigenvalue weighted by molar-refractivity contribution is 5.03. The maximum atomic E-state index is 5.91. The van der Waals surface area contributed by atoms with E-state index in [-0.39, 0.29) is 5.54 Å². The first-order valence-corrected chi connectivity index (χ1v) is 6.20. The fourth-order valence-electron chi connectivity index (χ4n) is 2.88. The molecule has 1 aliphatic rings. The highest BCUT2D eigenvalue weighted by Gasteiger charge is 2.38. The van der Waals surface area contributed by atoms with Gasteiger partial charge in [-0.05, 0) is 33.0 Å². The van der Waals surface area contributed by atoms with Gasteiger partial charge in [-0.3, -0.25) is 4.90 Å². The fraction of sp³-hybridized carbons (Fsp3) is 0.692. The van der Waals surface area contributed by atoms with Crippen LogP contribution in [0.1, 0.15) is 19.6 Å². The Morgan fingerprint density at radius 2 is 2.29 bits per heavy atom. The lowest BCUT2D eigenvalue weighted by molar-refractivity contribution is -0.0226. The molecule has 2 rings (SSSR count). The lowest BCUT2D eigenvalue weighted by Crippen LogP contribution is -2.64. The van der Waals surface area contributed by atoms with Crippen LogP contribution in [0.2, 0.25) is 0 Å². The maximum absolute atomic E-state index is 5.91. The van der Waals surface area contributed by atoms with Gasteiger partial charge in [0.2, 0.25) is 0 Å². The number of nitrogens with two attached hydrogens (primary N) is 1. The summed E-state index contributed by atoms with van der Waals surface area (Å²) < 4.78 is 5.45. The van der Waals surface area contributed by atoms with Gasteiger partial charge in [-0.2, -0.15) is 0 Å². The Morgan fingerprint density at radius 1 is 1.53 bits per heavy atom. The summed E-state index contributed by atoms with van der Waals surface area (Å²) in [4.78, 5) is 4.82. The molecule has 2 N–H and O–H groups in total. The predicted molar refractivity (Wildman–Crippen MR) is 68.7 cm³/mol. The Morgan fingerprint density at radius 3 is 2.88 bits per heavy atom. The van der Waals surface area contributed by atoms with Crippen molar-refractivity contribution in [3.05, 3.63) is 24.2 Å². The average molecular weight is 237 g/mol. The summed E-state index contributed by atoms with van der Waals surface area (Å²) >= 11 is 0. The van der Waals surface area contributed by atoms with E-state index in [0.29, 0.717) is 12.6 Å². The van der Waals surface area contributed by atoms with Crippen molar-refractivity contribution in [3.8, 4) is 0 Å². The van der Waals surface area contributed by atoms with Gasteiger partial charge in [-0.25, -0.2) is 0 Å². The number of nitrogens with zero attached hydrogens (tertiary/aromatic N) is 2. The first kappa shape index (κ1) is 12.6. The Bertz CT molecular complexity index is 348. The van der Waals surface area contributed by atoms with Crippen LogP contribution in [0.3, 0.4) is 0 Å². The molecule has 0 saturated carbocycles. The van der Waals surface area contributed by atoms with Crippen LogP contribution in [0.15, 0.2) is 22.8 Å². The van der Waals surface area contributed by atoms with Gasteiger partial charge in [0.05, 0.1) is 12.8 Å². The summed E-state index contributed by atoms with van der Waals surface area (Å²) in [6.07, 6.45) is 1.73.